The normalized spacial score (nSPS) is 15.6. The molecule has 0 fully saturated rings. The monoisotopic (exact) mass is 425 g/mol. The number of carbonyl (C=O) groups is 1. The van der Waals surface area contributed by atoms with Gasteiger partial charge in [0.25, 0.3) is 0 Å². The van der Waals surface area contributed by atoms with Gasteiger partial charge in [0.15, 0.2) is 0 Å². The van der Waals surface area contributed by atoms with Gasteiger partial charge in [-0.3, -0.25) is 0 Å². The lowest BCUT2D eigenvalue weighted by molar-refractivity contribution is -0.169. The van der Waals surface area contributed by atoms with Crippen LogP contribution in [0.4, 0.5) is 0 Å². The highest BCUT2D eigenvalue weighted by molar-refractivity contribution is 5.87. The van der Waals surface area contributed by atoms with Crippen LogP contribution in [0.1, 0.15) is 10.4 Å². The lowest BCUT2D eigenvalue weighted by Gasteiger charge is -2.37. The van der Waals surface area contributed by atoms with E-state index in [1.54, 1.807) is 54.6 Å². The standard InChI is InChI=1S/C7H6O2.C6H11N3O3.C6H6O.ClH/c8-7(9)6-4-2-1-3-5-6;7-4-3(10)1-2-5(8,9)6(4,11)12;7-6-4-2-1-3-5-6;/h1-5H,(H,8,9);1-2,10-12H,7-9H2;1-5,7H;1H. The van der Waals surface area contributed by atoms with Gasteiger partial charge in [-0.1, -0.05) is 36.4 Å². The van der Waals surface area contributed by atoms with Crippen molar-refractivity contribution in [2.24, 2.45) is 17.2 Å². The van der Waals surface area contributed by atoms with Crippen LogP contribution in [0.5, 0.6) is 5.75 Å². The lowest BCUT2D eigenvalue weighted by Crippen LogP contribution is -2.68. The third kappa shape index (κ3) is 7.45. The van der Waals surface area contributed by atoms with E-state index < -0.39 is 28.9 Å². The summed E-state index contributed by atoms with van der Waals surface area (Å²) in [6, 6.07) is 17.0. The Hall–Kier alpha value is -3.08. The molecule has 11 N–H and O–H groups in total. The number of aliphatic hydroxyl groups is 3. The first-order chi connectivity index (χ1) is 13.0. The van der Waals surface area contributed by atoms with Crippen molar-refractivity contribution < 1.29 is 30.3 Å². The number of hydrogen-bond donors (Lipinski definition) is 8. The van der Waals surface area contributed by atoms with Crippen molar-refractivity contribution in [1.29, 1.82) is 0 Å². The van der Waals surface area contributed by atoms with Crippen LogP contribution in [-0.4, -0.2) is 43.0 Å². The van der Waals surface area contributed by atoms with Gasteiger partial charge in [-0.25, -0.2) is 4.79 Å². The third-order valence-electron chi connectivity index (χ3n) is 3.55. The molecule has 3 rings (SSSR count). The average molecular weight is 426 g/mol. The Balaban J connectivity index is 0.000000413. The summed E-state index contributed by atoms with van der Waals surface area (Å²) in [7, 11) is 0. The highest BCUT2D eigenvalue weighted by atomic mass is 35.5. The van der Waals surface area contributed by atoms with Crippen LogP contribution in [0.25, 0.3) is 0 Å². The Kier molecular flexibility index (Phi) is 9.88. The van der Waals surface area contributed by atoms with Crippen LogP contribution in [0.15, 0.2) is 84.3 Å². The van der Waals surface area contributed by atoms with Crippen molar-refractivity contribution in [2.75, 3.05) is 0 Å². The maximum Gasteiger partial charge on any atom is 0.335 e. The molecule has 0 atom stereocenters. The van der Waals surface area contributed by atoms with Crippen molar-refractivity contribution in [3.8, 4) is 5.75 Å². The number of rotatable bonds is 1. The van der Waals surface area contributed by atoms with Crippen LogP contribution in [0.3, 0.4) is 0 Å². The quantitative estimate of drug-likeness (QED) is 0.304. The number of phenols is 1. The second kappa shape index (κ2) is 11.1. The van der Waals surface area contributed by atoms with Crippen LogP contribution in [-0.2, 0) is 0 Å². The molecule has 0 aliphatic heterocycles. The Morgan fingerprint density at radius 2 is 1.31 bits per heavy atom. The molecule has 1 aliphatic carbocycles. The summed E-state index contributed by atoms with van der Waals surface area (Å²) in [5.74, 6) is -3.63. The van der Waals surface area contributed by atoms with Gasteiger partial charge in [-0.2, -0.15) is 0 Å². The highest BCUT2D eigenvalue weighted by Crippen LogP contribution is 2.25. The number of carboxylic acid groups (broad SMARTS) is 1. The van der Waals surface area contributed by atoms with E-state index in [0.29, 0.717) is 11.3 Å². The first kappa shape index (κ1) is 25.9. The fourth-order valence-electron chi connectivity index (χ4n) is 1.84. The van der Waals surface area contributed by atoms with E-state index in [-0.39, 0.29) is 12.4 Å². The fourth-order valence-corrected chi connectivity index (χ4v) is 1.84. The summed E-state index contributed by atoms with van der Waals surface area (Å²) in [6.45, 7) is 0. The first-order valence-electron chi connectivity index (χ1n) is 7.92. The minimum absolute atomic E-state index is 0. The Morgan fingerprint density at radius 1 is 0.862 bits per heavy atom. The largest absolute Gasteiger partial charge is 0.508 e. The number of allylic oxidation sites excluding steroid dienone is 1. The second-order valence-electron chi connectivity index (χ2n) is 5.74. The van der Waals surface area contributed by atoms with E-state index in [2.05, 4.69) is 0 Å². The summed E-state index contributed by atoms with van der Waals surface area (Å²) >= 11 is 0. The number of halogens is 1. The average Bonchev–Trinajstić information content (AvgIpc) is 2.66. The third-order valence-corrected chi connectivity index (χ3v) is 3.55. The molecule has 0 radical (unpaired) electrons. The molecule has 1 aliphatic rings. The topological polar surface area (TPSA) is 196 Å². The minimum atomic E-state index is -2.62. The first-order valence-corrected chi connectivity index (χ1v) is 7.92. The number of phenolic OH excluding ortho intramolecular Hbond substituents is 1. The molecule has 2 aromatic rings. The lowest BCUT2D eigenvalue weighted by atomic mass is 9.92. The smallest absolute Gasteiger partial charge is 0.335 e. The number of benzene rings is 2. The van der Waals surface area contributed by atoms with Gasteiger partial charge in [-0.15, -0.1) is 12.4 Å². The predicted octanol–water partition coefficient (Wildman–Crippen LogP) is 0.778. The van der Waals surface area contributed by atoms with Gasteiger partial charge in [0.2, 0.25) is 5.79 Å². The summed E-state index contributed by atoms with van der Waals surface area (Å²) in [4.78, 5) is 10.2. The van der Waals surface area contributed by atoms with Gasteiger partial charge in [0.1, 0.15) is 22.9 Å². The molecule has 158 valence electrons. The maximum atomic E-state index is 10.2. The fraction of sp³-hybridized carbons (Fsp3) is 0.105. The molecule has 10 heteroatoms. The zero-order chi connectivity index (χ0) is 21.4. The molecule has 29 heavy (non-hydrogen) atoms. The van der Waals surface area contributed by atoms with Crippen LogP contribution < -0.4 is 17.2 Å². The van der Waals surface area contributed by atoms with Gasteiger partial charge >= 0.3 is 5.97 Å². The SMILES string of the molecule is Cl.NC1=C(O)C=CC(N)(N)C1(O)O.O=C(O)c1ccccc1.Oc1ccccc1. The van der Waals surface area contributed by atoms with E-state index >= 15 is 0 Å². The van der Waals surface area contributed by atoms with E-state index in [1.165, 1.54) is 0 Å². The van der Waals surface area contributed by atoms with Crippen LogP contribution >= 0.6 is 12.4 Å². The van der Waals surface area contributed by atoms with Crippen molar-refractivity contribution in [2.45, 2.75) is 11.4 Å². The van der Waals surface area contributed by atoms with E-state index in [9.17, 15) is 15.0 Å². The Morgan fingerprint density at radius 3 is 1.62 bits per heavy atom. The zero-order valence-corrected chi connectivity index (χ0v) is 16.0. The molecular formula is C19H24ClN3O6. The van der Waals surface area contributed by atoms with E-state index in [0.717, 1.165) is 12.2 Å². The van der Waals surface area contributed by atoms with Crippen LogP contribution in [0.2, 0.25) is 0 Å². The summed E-state index contributed by atoms with van der Waals surface area (Å²) in [5.41, 5.74) is 13.6. The molecule has 0 saturated heterocycles. The van der Waals surface area contributed by atoms with Crippen molar-refractivity contribution in [1.82, 2.24) is 0 Å². The molecule has 0 saturated carbocycles. The second-order valence-corrected chi connectivity index (χ2v) is 5.74. The van der Waals surface area contributed by atoms with Crippen molar-refractivity contribution in [3.05, 3.63) is 89.8 Å². The number of carboxylic acids is 1. The molecule has 9 nitrogen and oxygen atoms in total. The Labute approximate surface area is 173 Å². The number of aromatic hydroxyl groups is 1. The zero-order valence-electron chi connectivity index (χ0n) is 15.2. The molecule has 2 aromatic carbocycles. The molecular weight excluding hydrogens is 402 g/mol. The predicted molar refractivity (Wildman–Crippen MR) is 110 cm³/mol. The summed E-state index contributed by atoms with van der Waals surface area (Å²) in [6.07, 6.45) is 2.17. The molecule has 0 unspecified atom stereocenters. The van der Waals surface area contributed by atoms with Gasteiger partial charge in [0, 0.05) is 0 Å². The van der Waals surface area contributed by atoms with Crippen LogP contribution in [0, 0.1) is 0 Å². The van der Waals surface area contributed by atoms with Gasteiger partial charge < -0.3 is 42.7 Å². The molecule has 0 heterocycles. The number of nitrogens with two attached hydrogens (primary N) is 3. The van der Waals surface area contributed by atoms with Gasteiger partial charge in [-0.05, 0) is 36.4 Å². The summed E-state index contributed by atoms with van der Waals surface area (Å²) < 4.78 is 0. The number of aromatic carboxylic acids is 1. The number of hydrogen-bond acceptors (Lipinski definition) is 8. The highest BCUT2D eigenvalue weighted by Gasteiger charge is 2.47. The summed E-state index contributed by atoms with van der Waals surface area (Å²) in [5, 5.41) is 44.5. The molecule has 0 spiro atoms. The van der Waals surface area contributed by atoms with Crippen molar-refractivity contribution >= 4 is 18.4 Å². The maximum absolute atomic E-state index is 10.2. The molecule has 0 aromatic heterocycles. The molecule has 0 amide bonds. The Bertz CT molecular complexity index is 840. The number of para-hydroxylation sites is 1. The number of aliphatic hydroxyl groups excluding tert-OH is 1. The molecule has 0 bridgehead atoms. The van der Waals surface area contributed by atoms with Gasteiger partial charge in [0.05, 0.1) is 5.56 Å². The minimum Gasteiger partial charge on any atom is -0.508 e. The van der Waals surface area contributed by atoms with E-state index in [1.807, 2.05) is 6.07 Å². The van der Waals surface area contributed by atoms with Crippen molar-refractivity contribution in [3.63, 3.8) is 0 Å². The van der Waals surface area contributed by atoms with E-state index in [4.69, 9.17) is 32.5 Å².